The summed E-state index contributed by atoms with van der Waals surface area (Å²) < 4.78 is 13.0. The SMILES string of the molecule is CC(C)(C)NCCC(=O)Nc1ccc(F)cc1C(=O)O. The molecule has 0 saturated carbocycles. The maximum atomic E-state index is 13.0. The summed E-state index contributed by atoms with van der Waals surface area (Å²) in [7, 11) is 0. The van der Waals surface area contributed by atoms with E-state index in [9.17, 15) is 14.0 Å². The van der Waals surface area contributed by atoms with Crippen LogP contribution in [0.4, 0.5) is 10.1 Å². The minimum Gasteiger partial charge on any atom is -0.478 e. The highest BCUT2D eigenvalue weighted by molar-refractivity contribution is 6.00. The monoisotopic (exact) mass is 282 g/mol. The number of amides is 1. The van der Waals surface area contributed by atoms with Crippen molar-refractivity contribution in [1.82, 2.24) is 5.32 Å². The van der Waals surface area contributed by atoms with Crippen LogP contribution in [0.15, 0.2) is 18.2 Å². The van der Waals surface area contributed by atoms with Crippen molar-refractivity contribution in [2.24, 2.45) is 0 Å². The first kappa shape index (κ1) is 16.1. The Kier molecular flexibility index (Phi) is 5.21. The fourth-order valence-corrected chi connectivity index (χ4v) is 1.57. The predicted octanol–water partition coefficient (Wildman–Crippen LogP) is 2.24. The molecule has 1 aromatic rings. The van der Waals surface area contributed by atoms with Crippen LogP contribution in [0.2, 0.25) is 0 Å². The van der Waals surface area contributed by atoms with Crippen LogP contribution in [0.25, 0.3) is 0 Å². The molecular formula is C14H19FN2O3. The molecule has 0 fully saturated rings. The molecule has 20 heavy (non-hydrogen) atoms. The summed E-state index contributed by atoms with van der Waals surface area (Å²) in [4.78, 5) is 22.7. The summed E-state index contributed by atoms with van der Waals surface area (Å²) in [5.41, 5.74) is -0.260. The number of hydrogen-bond acceptors (Lipinski definition) is 3. The van der Waals surface area contributed by atoms with Crippen LogP contribution in [-0.4, -0.2) is 29.1 Å². The maximum Gasteiger partial charge on any atom is 0.337 e. The Hall–Kier alpha value is -1.95. The molecule has 6 heteroatoms. The van der Waals surface area contributed by atoms with Crippen molar-refractivity contribution in [2.45, 2.75) is 32.7 Å². The summed E-state index contributed by atoms with van der Waals surface area (Å²) in [6, 6.07) is 3.23. The predicted molar refractivity (Wildman–Crippen MR) is 74.4 cm³/mol. The number of hydrogen-bond donors (Lipinski definition) is 3. The third kappa shape index (κ3) is 5.36. The number of benzene rings is 1. The molecule has 0 unspecified atom stereocenters. The molecule has 0 heterocycles. The number of rotatable bonds is 5. The molecule has 5 nitrogen and oxygen atoms in total. The number of carbonyl (C=O) groups excluding carboxylic acids is 1. The van der Waals surface area contributed by atoms with Crippen molar-refractivity contribution >= 4 is 17.6 Å². The van der Waals surface area contributed by atoms with Gasteiger partial charge in [0.1, 0.15) is 5.82 Å². The number of halogens is 1. The van der Waals surface area contributed by atoms with Gasteiger partial charge in [-0.1, -0.05) is 0 Å². The molecule has 3 N–H and O–H groups in total. The number of carboxylic acid groups (broad SMARTS) is 1. The summed E-state index contributed by atoms with van der Waals surface area (Å²) >= 11 is 0. The van der Waals surface area contributed by atoms with E-state index in [0.717, 1.165) is 12.1 Å². The zero-order valence-corrected chi connectivity index (χ0v) is 11.8. The van der Waals surface area contributed by atoms with Gasteiger partial charge in [-0.3, -0.25) is 4.79 Å². The number of anilines is 1. The van der Waals surface area contributed by atoms with Gasteiger partial charge in [-0.2, -0.15) is 0 Å². The van der Waals surface area contributed by atoms with Gasteiger partial charge in [0.2, 0.25) is 5.91 Å². The van der Waals surface area contributed by atoms with E-state index in [1.54, 1.807) is 0 Å². The molecular weight excluding hydrogens is 263 g/mol. The zero-order chi connectivity index (χ0) is 15.3. The average Bonchev–Trinajstić information content (AvgIpc) is 2.29. The Morgan fingerprint density at radius 3 is 2.50 bits per heavy atom. The summed E-state index contributed by atoms with van der Waals surface area (Å²) in [6.45, 7) is 6.41. The highest BCUT2D eigenvalue weighted by Crippen LogP contribution is 2.17. The summed E-state index contributed by atoms with van der Waals surface area (Å²) in [6.07, 6.45) is 0.202. The fourth-order valence-electron chi connectivity index (χ4n) is 1.57. The van der Waals surface area contributed by atoms with Crippen LogP contribution >= 0.6 is 0 Å². The first-order valence-corrected chi connectivity index (χ1v) is 6.27. The van der Waals surface area contributed by atoms with Gasteiger partial charge in [0, 0.05) is 18.5 Å². The Bertz CT molecular complexity index is 510. The van der Waals surface area contributed by atoms with E-state index in [1.165, 1.54) is 6.07 Å². The number of carbonyl (C=O) groups is 2. The van der Waals surface area contributed by atoms with Gasteiger partial charge in [-0.15, -0.1) is 0 Å². The molecule has 1 rings (SSSR count). The van der Waals surface area contributed by atoms with Gasteiger partial charge in [0.05, 0.1) is 11.3 Å². The normalized spacial score (nSPS) is 11.2. The lowest BCUT2D eigenvalue weighted by atomic mass is 10.1. The Balaban J connectivity index is 2.64. The second kappa shape index (κ2) is 6.47. The largest absolute Gasteiger partial charge is 0.478 e. The Morgan fingerprint density at radius 1 is 1.30 bits per heavy atom. The van der Waals surface area contributed by atoms with Crippen LogP contribution in [0.5, 0.6) is 0 Å². The van der Waals surface area contributed by atoms with E-state index in [0.29, 0.717) is 6.54 Å². The third-order valence-electron chi connectivity index (χ3n) is 2.49. The van der Waals surface area contributed by atoms with Crippen molar-refractivity contribution < 1.29 is 19.1 Å². The molecule has 0 radical (unpaired) electrons. The first-order chi connectivity index (χ1) is 9.19. The minimum atomic E-state index is -1.28. The molecule has 0 aromatic heterocycles. The van der Waals surface area contributed by atoms with Crippen LogP contribution in [0.3, 0.4) is 0 Å². The van der Waals surface area contributed by atoms with Crippen LogP contribution in [0, 0.1) is 5.82 Å². The van der Waals surface area contributed by atoms with E-state index in [-0.39, 0.29) is 29.1 Å². The van der Waals surface area contributed by atoms with E-state index in [4.69, 9.17) is 5.11 Å². The van der Waals surface area contributed by atoms with E-state index in [1.807, 2.05) is 20.8 Å². The number of nitrogens with one attached hydrogen (secondary N) is 2. The molecule has 0 aliphatic rings. The lowest BCUT2D eigenvalue weighted by molar-refractivity contribution is -0.116. The van der Waals surface area contributed by atoms with Crippen molar-refractivity contribution in [3.05, 3.63) is 29.6 Å². The molecule has 0 spiro atoms. The van der Waals surface area contributed by atoms with Gasteiger partial charge >= 0.3 is 5.97 Å². The van der Waals surface area contributed by atoms with Crippen molar-refractivity contribution in [2.75, 3.05) is 11.9 Å². The van der Waals surface area contributed by atoms with E-state index < -0.39 is 11.8 Å². The van der Waals surface area contributed by atoms with Gasteiger partial charge in [-0.25, -0.2) is 9.18 Å². The van der Waals surface area contributed by atoms with Crippen LogP contribution in [-0.2, 0) is 4.79 Å². The van der Waals surface area contributed by atoms with Crippen LogP contribution < -0.4 is 10.6 Å². The molecule has 0 aliphatic heterocycles. The lowest BCUT2D eigenvalue weighted by Gasteiger charge is -2.20. The average molecular weight is 282 g/mol. The Morgan fingerprint density at radius 2 is 1.95 bits per heavy atom. The van der Waals surface area contributed by atoms with Gasteiger partial charge < -0.3 is 15.7 Å². The molecule has 0 saturated heterocycles. The second-order valence-electron chi connectivity index (χ2n) is 5.47. The quantitative estimate of drug-likeness (QED) is 0.774. The molecule has 1 aromatic carbocycles. The first-order valence-electron chi connectivity index (χ1n) is 6.27. The van der Waals surface area contributed by atoms with Gasteiger partial charge in [0.15, 0.2) is 0 Å². The third-order valence-corrected chi connectivity index (χ3v) is 2.49. The number of carboxylic acids is 1. The topological polar surface area (TPSA) is 78.4 Å². The molecule has 1 amide bonds. The zero-order valence-electron chi connectivity index (χ0n) is 11.8. The van der Waals surface area contributed by atoms with Crippen LogP contribution in [0.1, 0.15) is 37.6 Å². The molecule has 110 valence electrons. The summed E-state index contributed by atoms with van der Waals surface area (Å²) in [5.74, 6) is -2.27. The highest BCUT2D eigenvalue weighted by Gasteiger charge is 2.14. The minimum absolute atomic E-state index is 0.0949. The smallest absolute Gasteiger partial charge is 0.337 e. The molecule has 0 aliphatic carbocycles. The van der Waals surface area contributed by atoms with Gasteiger partial charge in [0.25, 0.3) is 0 Å². The van der Waals surface area contributed by atoms with Gasteiger partial charge in [-0.05, 0) is 39.0 Å². The van der Waals surface area contributed by atoms with Crippen molar-refractivity contribution in [1.29, 1.82) is 0 Å². The Labute approximate surface area is 117 Å². The molecule has 0 atom stereocenters. The van der Waals surface area contributed by atoms with Crippen molar-refractivity contribution in [3.8, 4) is 0 Å². The summed E-state index contributed by atoms with van der Waals surface area (Å²) in [5, 5.41) is 14.6. The number of aromatic carboxylic acids is 1. The second-order valence-corrected chi connectivity index (χ2v) is 5.47. The molecule has 0 bridgehead atoms. The van der Waals surface area contributed by atoms with E-state index in [2.05, 4.69) is 10.6 Å². The lowest BCUT2D eigenvalue weighted by Crippen LogP contribution is -2.37. The standard InChI is InChI=1S/C14H19FN2O3/c1-14(2,3)16-7-6-12(18)17-11-5-4-9(15)8-10(11)13(19)20/h4-5,8,16H,6-7H2,1-3H3,(H,17,18)(H,19,20). The fraction of sp³-hybridized carbons (Fsp3) is 0.429. The van der Waals surface area contributed by atoms with E-state index >= 15 is 0 Å². The van der Waals surface area contributed by atoms with Crippen molar-refractivity contribution in [3.63, 3.8) is 0 Å². The maximum absolute atomic E-state index is 13.0. The highest BCUT2D eigenvalue weighted by atomic mass is 19.1.